The highest BCUT2D eigenvalue weighted by Crippen LogP contribution is 2.24. The summed E-state index contributed by atoms with van der Waals surface area (Å²) in [6.45, 7) is 1.09. The van der Waals surface area contributed by atoms with Gasteiger partial charge in [-0.05, 0) is 25.0 Å². The van der Waals surface area contributed by atoms with Crippen molar-refractivity contribution in [2.75, 3.05) is 17.8 Å². The smallest absolute Gasteiger partial charge is 0.301 e. The van der Waals surface area contributed by atoms with Crippen molar-refractivity contribution in [2.45, 2.75) is 19.3 Å². The quantitative estimate of drug-likeness (QED) is 0.806. The predicted molar refractivity (Wildman–Crippen MR) is 66.1 cm³/mol. The zero-order valence-electron chi connectivity index (χ0n) is 9.46. The van der Waals surface area contributed by atoms with Crippen LogP contribution in [-0.2, 0) is 10.2 Å². The summed E-state index contributed by atoms with van der Waals surface area (Å²) in [6, 6.07) is 6.31. The maximum Gasteiger partial charge on any atom is 0.301 e. The monoisotopic (exact) mass is 256 g/mol. The van der Waals surface area contributed by atoms with Crippen molar-refractivity contribution in [1.82, 2.24) is 4.31 Å². The molecular weight excluding hydrogens is 240 g/mol. The lowest BCUT2D eigenvalue weighted by Crippen LogP contribution is -2.39. The maximum absolute atomic E-state index is 12.0. The van der Waals surface area contributed by atoms with Crippen molar-refractivity contribution in [3.63, 3.8) is 0 Å². The zero-order valence-corrected chi connectivity index (χ0v) is 10.3. The van der Waals surface area contributed by atoms with E-state index < -0.39 is 10.2 Å². The van der Waals surface area contributed by atoms with Crippen LogP contribution in [0.1, 0.15) is 19.3 Å². The molecule has 1 aliphatic rings. The van der Waals surface area contributed by atoms with Crippen molar-refractivity contribution in [3.8, 4) is 5.75 Å². The number of anilines is 1. The molecule has 0 bridgehead atoms. The number of phenols is 1. The first-order valence-corrected chi connectivity index (χ1v) is 7.09. The molecule has 0 aliphatic carbocycles. The van der Waals surface area contributed by atoms with Crippen LogP contribution < -0.4 is 4.72 Å². The number of benzene rings is 1. The summed E-state index contributed by atoms with van der Waals surface area (Å²) in [5.74, 6) is -0.0620. The summed E-state index contributed by atoms with van der Waals surface area (Å²) in [6.07, 6.45) is 2.85. The molecular formula is C11H16N2O3S. The number of rotatable bonds is 3. The molecule has 1 saturated heterocycles. The molecule has 0 saturated carbocycles. The van der Waals surface area contributed by atoms with E-state index in [1.54, 1.807) is 12.1 Å². The zero-order chi connectivity index (χ0) is 12.3. The number of hydrogen-bond acceptors (Lipinski definition) is 3. The molecule has 1 heterocycles. The van der Waals surface area contributed by atoms with Crippen LogP contribution in [0.2, 0.25) is 0 Å². The largest absolute Gasteiger partial charge is 0.506 e. The molecule has 17 heavy (non-hydrogen) atoms. The molecule has 0 radical (unpaired) electrons. The molecule has 1 aromatic rings. The first-order valence-electron chi connectivity index (χ1n) is 5.65. The highest BCUT2D eigenvalue weighted by molar-refractivity contribution is 7.90. The first kappa shape index (κ1) is 12.2. The van der Waals surface area contributed by atoms with Gasteiger partial charge in [-0.3, -0.25) is 4.72 Å². The van der Waals surface area contributed by atoms with Crippen LogP contribution >= 0.6 is 0 Å². The normalized spacial score (nSPS) is 17.9. The first-order chi connectivity index (χ1) is 8.09. The van der Waals surface area contributed by atoms with Crippen LogP contribution in [0.5, 0.6) is 5.75 Å². The van der Waals surface area contributed by atoms with E-state index in [2.05, 4.69) is 4.72 Å². The Morgan fingerprint density at radius 1 is 1.12 bits per heavy atom. The van der Waals surface area contributed by atoms with Gasteiger partial charge >= 0.3 is 10.2 Å². The topological polar surface area (TPSA) is 69.6 Å². The van der Waals surface area contributed by atoms with E-state index in [0.717, 1.165) is 19.3 Å². The Bertz CT molecular complexity index is 481. The molecule has 0 spiro atoms. The Morgan fingerprint density at radius 3 is 2.41 bits per heavy atom. The molecule has 5 nitrogen and oxygen atoms in total. The standard InChI is InChI=1S/C11H16N2O3S/c14-11-7-3-2-6-10(11)12-17(15,16)13-8-4-1-5-9-13/h2-3,6-7,12,14H,1,4-5,8-9H2. The Hall–Kier alpha value is -1.27. The predicted octanol–water partition coefficient (Wildman–Crippen LogP) is 1.53. The van der Waals surface area contributed by atoms with Crippen LogP contribution in [0, 0.1) is 0 Å². The summed E-state index contributed by atoms with van der Waals surface area (Å²) >= 11 is 0. The molecule has 2 rings (SSSR count). The lowest BCUT2D eigenvalue weighted by molar-refractivity contribution is 0.349. The molecule has 0 amide bonds. The van der Waals surface area contributed by atoms with E-state index in [0.29, 0.717) is 13.1 Å². The number of nitrogens with one attached hydrogen (secondary N) is 1. The molecule has 0 unspecified atom stereocenters. The maximum atomic E-state index is 12.0. The van der Waals surface area contributed by atoms with Gasteiger partial charge in [0.1, 0.15) is 5.75 Å². The van der Waals surface area contributed by atoms with Gasteiger partial charge in [0.25, 0.3) is 0 Å². The number of phenolic OH excluding ortho intramolecular Hbond substituents is 1. The van der Waals surface area contributed by atoms with E-state index in [1.807, 2.05) is 0 Å². The van der Waals surface area contributed by atoms with Crippen molar-refractivity contribution in [1.29, 1.82) is 0 Å². The van der Waals surface area contributed by atoms with Crippen molar-refractivity contribution in [3.05, 3.63) is 24.3 Å². The molecule has 2 N–H and O–H groups in total. The van der Waals surface area contributed by atoms with Crippen molar-refractivity contribution >= 4 is 15.9 Å². The Labute approximate surface area is 101 Å². The summed E-state index contributed by atoms with van der Waals surface area (Å²) in [7, 11) is -3.54. The second-order valence-corrected chi connectivity index (χ2v) is 5.75. The third-order valence-corrected chi connectivity index (χ3v) is 4.32. The van der Waals surface area contributed by atoms with Crippen LogP contribution in [-0.4, -0.2) is 30.9 Å². The molecule has 1 aliphatic heterocycles. The summed E-state index contributed by atoms with van der Waals surface area (Å²) < 4.78 is 27.8. The van der Waals surface area contributed by atoms with E-state index in [-0.39, 0.29) is 11.4 Å². The molecule has 6 heteroatoms. The van der Waals surface area contributed by atoms with Gasteiger partial charge in [-0.1, -0.05) is 18.6 Å². The summed E-state index contributed by atoms with van der Waals surface area (Å²) in [5.41, 5.74) is 0.220. The van der Waals surface area contributed by atoms with Gasteiger partial charge in [-0.25, -0.2) is 0 Å². The number of piperidine rings is 1. The van der Waals surface area contributed by atoms with Crippen LogP contribution in [0.15, 0.2) is 24.3 Å². The third-order valence-electron chi connectivity index (χ3n) is 2.80. The minimum absolute atomic E-state index is 0.0620. The van der Waals surface area contributed by atoms with Crippen molar-refractivity contribution < 1.29 is 13.5 Å². The van der Waals surface area contributed by atoms with E-state index in [9.17, 15) is 13.5 Å². The number of nitrogens with zero attached hydrogens (tertiary/aromatic N) is 1. The van der Waals surface area contributed by atoms with E-state index >= 15 is 0 Å². The lowest BCUT2D eigenvalue weighted by atomic mass is 10.2. The van der Waals surface area contributed by atoms with Crippen LogP contribution in [0.25, 0.3) is 0 Å². The van der Waals surface area contributed by atoms with E-state index in [4.69, 9.17) is 0 Å². The van der Waals surface area contributed by atoms with Crippen molar-refractivity contribution in [2.24, 2.45) is 0 Å². The third kappa shape index (κ3) is 2.89. The minimum atomic E-state index is -3.54. The fourth-order valence-corrected chi connectivity index (χ4v) is 3.19. The minimum Gasteiger partial charge on any atom is -0.506 e. The Balaban J connectivity index is 2.14. The molecule has 1 aromatic carbocycles. The molecule has 0 atom stereocenters. The lowest BCUT2D eigenvalue weighted by Gasteiger charge is -2.26. The molecule has 94 valence electrons. The highest BCUT2D eigenvalue weighted by Gasteiger charge is 2.24. The number of aromatic hydroxyl groups is 1. The van der Waals surface area contributed by atoms with Crippen LogP contribution in [0.3, 0.4) is 0 Å². The van der Waals surface area contributed by atoms with E-state index in [1.165, 1.54) is 16.4 Å². The van der Waals surface area contributed by atoms with Gasteiger partial charge in [-0.2, -0.15) is 12.7 Å². The Kier molecular flexibility index (Phi) is 3.54. The van der Waals surface area contributed by atoms with Gasteiger partial charge in [0.05, 0.1) is 5.69 Å². The van der Waals surface area contributed by atoms with Gasteiger partial charge in [0, 0.05) is 13.1 Å². The average molecular weight is 256 g/mol. The average Bonchev–Trinajstić information content (AvgIpc) is 2.33. The van der Waals surface area contributed by atoms with Gasteiger partial charge in [0.15, 0.2) is 0 Å². The second-order valence-electron chi connectivity index (χ2n) is 4.08. The SMILES string of the molecule is O=S(=O)(Nc1ccccc1O)N1CCCCC1. The van der Waals surface area contributed by atoms with Gasteiger partial charge < -0.3 is 5.11 Å². The van der Waals surface area contributed by atoms with Gasteiger partial charge in [-0.15, -0.1) is 0 Å². The second kappa shape index (κ2) is 4.93. The van der Waals surface area contributed by atoms with Gasteiger partial charge in [0.2, 0.25) is 0 Å². The molecule has 1 fully saturated rings. The summed E-state index contributed by atoms with van der Waals surface area (Å²) in [5, 5.41) is 9.53. The summed E-state index contributed by atoms with van der Waals surface area (Å²) in [4.78, 5) is 0. The highest BCUT2D eigenvalue weighted by atomic mass is 32.2. The molecule has 0 aromatic heterocycles. The van der Waals surface area contributed by atoms with Crippen LogP contribution in [0.4, 0.5) is 5.69 Å². The fraction of sp³-hybridized carbons (Fsp3) is 0.455. The number of para-hydroxylation sites is 2. The number of hydrogen-bond donors (Lipinski definition) is 2. The fourth-order valence-electron chi connectivity index (χ4n) is 1.87. The Morgan fingerprint density at radius 2 is 1.76 bits per heavy atom.